The predicted octanol–water partition coefficient (Wildman–Crippen LogP) is 3.62. The van der Waals surface area contributed by atoms with Gasteiger partial charge in [-0.05, 0) is 35.7 Å². The Hall–Kier alpha value is -2.75. The van der Waals surface area contributed by atoms with Crippen LogP contribution in [0.4, 0.5) is 4.39 Å². The van der Waals surface area contributed by atoms with Crippen molar-refractivity contribution in [2.24, 2.45) is 0 Å². The van der Waals surface area contributed by atoms with E-state index in [0.29, 0.717) is 18.5 Å². The lowest BCUT2D eigenvalue weighted by Crippen LogP contribution is -2.23. The molecule has 1 aromatic heterocycles. The van der Waals surface area contributed by atoms with E-state index in [0.717, 1.165) is 16.5 Å². The summed E-state index contributed by atoms with van der Waals surface area (Å²) in [5, 5.41) is 3.90. The highest BCUT2D eigenvalue weighted by Gasteiger charge is 2.06. The standard InChI is InChI=1S/C19H17FN2O/c20-17-7-3-1-5-15(17)9-10-19(23)22-13-14-11-16-6-2-4-8-18(16)21-12-14/h1-8,11-12H,9-10,13H2,(H,22,23). The topological polar surface area (TPSA) is 42.0 Å². The van der Waals surface area contributed by atoms with Crippen LogP contribution >= 0.6 is 0 Å². The van der Waals surface area contributed by atoms with Gasteiger partial charge in [0.1, 0.15) is 5.82 Å². The first kappa shape index (κ1) is 15.2. The Labute approximate surface area is 134 Å². The monoisotopic (exact) mass is 308 g/mol. The highest BCUT2D eigenvalue weighted by atomic mass is 19.1. The van der Waals surface area contributed by atoms with E-state index >= 15 is 0 Å². The molecule has 0 radical (unpaired) electrons. The van der Waals surface area contributed by atoms with Crippen molar-refractivity contribution in [3.63, 3.8) is 0 Å². The summed E-state index contributed by atoms with van der Waals surface area (Å²) in [4.78, 5) is 16.3. The van der Waals surface area contributed by atoms with Gasteiger partial charge in [0.2, 0.25) is 5.91 Å². The van der Waals surface area contributed by atoms with Crippen molar-refractivity contribution in [1.82, 2.24) is 10.3 Å². The average Bonchev–Trinajstić information content (AvgIpc) is 2.59. The van der Waals surface area contributed by atoms with Crippen molar-refractivity contribution < 1.29 is 9.18 Å². The van der Waals surface area contributed by atoms with E-state index in [-0.39, 0.29) is 18.1 Å². The fourth-order valence-electron chi connectivity index (χ4n) is 2.45. The molecular formula is C19H17FN2O. The molecule has 0 aliphatic heterocycles. The third kappa shape index (κ3) is 3.92. The zero-order valence-corrected chi connectivity index (χ0v) is 12.6. The fourth-order valence-corrected chi connectivity index (χ4v) is 2.45. The summed E-state index contributed by atoms with van der Waals surface area (Å²) in [6.07, 6.45) is 2.43. The Balaban J connectivity index is 1.54. The molecule has 0 aliphatic rings. The van der Waals surface area contributed by atoms with Gasteiger partial charge < -0.3 is 5.32 Å². The van der Waals surface area contributed by atoms with Crippen LogP contribution in [0.15, 0.2) is 60.8 Å². The van der Waals surface area contributed by atoms with Crippen LogP contribution in [0.1, 0.15) is 17.5 Å². The number of aryl methyl sites for hydroxylation is 1. The number of benzene rings is 2. The Morgan fingerprint density at radius 3 is 2.74 bits per heavy atom. The smallest absolute Gasteiger partial charge is 0.220 e. The Bertz CT molecular complexity index is 832. The molecule has 116 valence electrons. The van der Waals surface area contributed by atoms with Crippen molar-refractivity contribution in [3.8, 4) is 0 Å². The van der Waals surface area contributed by atoms with Gasteiger partial charge in [-0.3, -0.25) is 9.78 Å². The van der Waals surface area contributed by atoms with Gasteiger partial charge in [0.05, 0.1) is 5.52 Å². The summed E-state index contributed by atoms with van der Waals surface area (Å²) in [7, 11) is 0. The van der Waals surface area contributed by atoms with Crippen molar-refractivity contribution in [3.05, 3.63) is 77.7 Å². The Morgan fingerprint density at radius 2 is 1.87 bits per heavy atom. The molecule has 3 nitrogen and oxygen atoms in total. The van der Waals surface area contributed by atoms with Gasteiger partial charge in [0.25, 0.3) is 0 Å². The van der Waals surface area contributed by atoms with Crippen LogP contribution in [0.2, 0.25) is 0 Å². The quantitative estimate of drug-likeness (QED) is 0.782. The minimum absolute atomic E-state index is 0.0959. The lowest BCUT2D eigenvalue weighted by Gasteiger charge is -2.07. The van der Waals surface area contributed by atoms with E-state index in [1.807, 2.05) is 30.3 Å². The van der Waals surface area contributed by atoms with Crippen LogP contribution in [-0.2, 0) is 17.8 Å². The molecule has 1 heterocycles. The fraction of sp³-hybridized carbons (Fsp3) is 0.158. The Kier molecular flexibility index (Phi) is 4.62. The largest absolute Gasteiger partial charge is 0.352 e. The molecule has 23 heavy (non-hydrogen) atoms. The number of hydrogen-bond acceptors (Lipinski definition) is 2. The third-order valence-electron chi connectivity index (χ3n) is 3.72. The molecule has 3 rings (SSSR count). The number of halogens is 1. The summed E-state index contributed by atoms with van der Waals surface area (Å²) in [5.74, 6) is -0.361. The number of rotatable bonds is 5. The van der Waals surface area contributed by atoms with Crippen LogP contribution in [-0.4, -0.2) is 10.9 Å². The van der Waals surface area contributed by atoms with Gasteiger partial charge in [-0.2, -0.15) is 0 Å². The normalized spacial score (nSPS) is 10.7. The van der Waals surface area contributed by atoms with Gasteiger partial charge in [-0.1, -0.05) is 36.4 Å². The molecule has 0 unspecified atom stereocenters. The number of amides is 1. The first-order chi connectivity index (χ1) is 11.2. The number of aromatic nitrogens is 1. The molecule has 0 fully saturated rings. The van der Waals surface area contributed by atoms with Crippen LogP contribution in [0.5, 0.6) is 0 Å². The second-order valence-electron chi connectivity index (χ2n) is 5.40. The minimum Gasteiger partial charge on any atom is -0.352 e. The number of pyridine rings is 1. The van der Waals surface area contributed by atoms with Gasteiger partial charge >= 0.3 is 0 Å². The number of nitrogens with zero attached hydrogens (tertiary/aromatic N) is 1. The van der Waals surface area contributed by atoms with Crippen molar-refractivity contribution in [1.29, 1.82) is 0 Å². The zero-order valence-electron chi connectivity index (χ0n) is 12.6. The predicted molar refractivity (Wildman–Crippen MR) is 88.3 cm³/mol. The van der Waals surface area contributed by atoms with E-state index in [1.165, 1.54) is 6.07 Å². The van der Waals surface area contributed by atoms with Gasteiger partial charge in [-0.15, -0.1) is 0 Å². The maximum Gasteiger partial charge on any atom is 0.220 e. The van der Waals surface area contributed by atoms with E-state index < -0.39 is 0 Å². The first-order valence-electron chi connectivity index (χ1n) is 7.56. The minimum atomic E-state index is -0.265. The van der Waals surface area contributed by atoms with Crippen molar-refractivity contribution >= 4 is 16.8 Å². The molecule has 0 aliphatic carbocycles. The molecule has 3 aromatic rings. The van der Waals surface area contributed by atoms with E-state index in [4.69, 9.17) is 0 Å². The molecule has 0 saturated carbocycles. The molecule has 2 aromatic carbocycles. The lowest BCUT2D eigenvalue weighted by molar-refractivity contribution is -0.121. The van der Waals surface area contributed by atoms with Crippen molar-refractivity contribution in [2.75, 3.05) is 0 Å². The molecule has 4 heteroatoms. The maximum absolute atomic E-state index is 13.5. The van der Waals surface area contributed by atoms with E-state index in [1.54, 1.807) is 24.4 Å². The second-order valence-corrected chi connectivity index (χ2v) is 5.40. The van der Waals surface area contributed by atoms with Crippen LogP contribution in [0.3, 0.4) is 0 Å². The average molecular weight is 308 g/mol. The summed E-state index contributed by atoms with van der Waals surface area (Å²) in [6.45, 7) is 0.425. The van der Waals surface area contributed by atoms with Gasteiger partial charge in [0, 0.05) is 24.5 Å². The molecule has 1 N–H and O–H groups in total. The number of carbonyl (C=O) groups excluding carboxylic acids is 1. The molecule has 0 spiro atoms. The molecule has 1 amide bonds. The highest BCUT2D eigenvalue weighted by molar-refractivity contribution is 5.79. The first-order valence-corrected chi connectivity index (χ1v) is 7.56. The van der Waals surface area contributed by atoms with Crippen LogP contribution < -0.4 is 5.32 Å². The van der Waals surface area contributed by atoms with E-state index in [2.05, 4.69) is 10.3 Å². The van der Waals surface area contributed by atoms with Crippen LogP contribution in [0.25, 0.3) is 10.9 Å². The molecule has 0 bridgehead atoms. The SMILES string of the molecule is O=C(CCc1ccccc1F)NCc1cnc2ccccc2c1. The zero-order chi connectivity index (χ0) is 16.1. The highest BCUT2D eigenvalue weighted by Crippen LogP contribution is 2.13. The molecule has 0 saturated heterocycles. The van der Waals surface area contributed by atoms with Gasteiger partial charge in [-0.25, -0.2) is 4.39 Å². The van der Waals surface area contributed by atoms with Crippen LogP contribution in [0, 0.1) is 5.82 Å². The maximum atomic E-state index is 13.5. The van der Waals surface area contributed by atoms with Gasteiger partial charge in [0.15, 0.2) is 0 Å². The Morgan fingerprint density at radius 1 is 1.09 bits per heavy atom. The summed E-state index contributed by atoms with van der Waals surface area (Å²) >= 11 is 0. The number of para-hydroxylation sites is 1. The number of nitrogens with one attached hydrogen (secondary N) is 1. The summed E-state index contributed by atoms with van der Waals surface area (Å²) in [6, 6.07) is 16.4. The van der Waals surface area contributed by atoms with Crippen molar-refractivity contribution in [2.45, 2.75) is 19.4 Å². The number of fused-ring (bicyclic) bond motifs is 1. The number of hydrogen-bond donors (Lipinski definition) is 1. The summed E-state index contributed by atoms with van der Waals surface area (Å²) < 4.78 is 13.5. The number of carbonyl (C=O) groups is 1. The molecular weight excluding hydrogens is 291 g/mol. The molecule has 0 atom stereocenters. The second kappa shape index (κ2) is 7.01. The lowest BCUT2D eigenvalue weighted by atomic mass is 10.1. The summed E-state index contributed by atoms with van der Waals surface area (Å²) in [5.41, 5.74) is 2.44. The third-order valence-corrected chi connectivity index (χ3v) is 3.72. The van der Waals surface area contributed by atoms with E-state index in [9.17, 15) is 9.18 Å².